The maximum Gasteiger partial charge on any atom is 0.310 e. The van der Waals surface area contributed by atoms with Gasteiger partial charge in [-0.05, 0) is 25.0 Å². The van der Waals surface area contributed by atoms with Crippen LogP contribution in [-0.4, -0.2) is 24.1 Å². The first kappa shape index (κ1) is 17.3. The second-order valence-electron chi connectivity index (χ2n) is 4.86. The van der Waals surface area contributed by atoms with E-state index in [9.17, 15) is 14.7 Å². The van der Waals surface area contributed by atoms with Gasteiger partial charge in [-0.3, -0.25) is 9.59 Å². The molecule has 0 saturated carbocycles. The summed E-state index contributed by atoms with van der Waals surface area (Å²) >= 11 is 6.01. The van der Waals surface area contributed by atoms with E-state index < -0.39 is 11.4 Å². The number of nitrogens with one attached hydrogen (secondary N) is 1. The third kappa shape index (κ3) is 4.11. The predicted molar refractivity (Wildman–Crippen MR) is 81.9 cm³/mol. The molecule has 1 rings (SSSR count). The molecule has 0 atom stereocenters. The molecule has 0 fully saturated rings. The fraction of sp³-hybridized carbons (Fsp3) is 0.467. The zero-order chi connectivity index (χ0) is 16.0. The van der Waals surface area contributed by atoms with Gasteiger partial charge in [-0.25, -0.2) is 0 Å². The second kappa shape index (κ2) is 7.31. The van der Waals surface area contributed by atoms with Gasteiger partial charge in [-0.2, -0.15) is 0 Å². The molecule has 0 aliphatic carbocycles. The van der Waals surface area contributed by atoms with Gasteiger partial charge in [0.1, 0.15) is 5.75 Å². The number of ether oxygens (including phenoxy) is 1. The molecule has 0 unspecified atom stereocenters. The molecule has 2 N–H and O–H groups in total. The van der Waals surface area contributed by atoms with Gasteiger partial charge in [0.15, 0.2) is 0 Å². The molecule has 1 aromatic rings. The van der Waals surface area contributed by atoms with Gasteiger partial charge >= 0.3 is 5.97 Å². The summed E-state index contributed by atoms with van der Waals surface area (Å²) in [6.07, 6.45) is 0.680. The van der Waals surface area contributed by atoms with Gasteiger partial charge in [-0.1, -0.05) is 25.4 Å². The van der Waals surface area contributed by atoms with Crippen molar-refractivity contribution in [1.29, 1.82) is 0 Å². The Hall–Kier alpha value is -1.75. The van der Waals surface area contributed by atoms with Crippen molar-refractivity contribution < 1.29 is 19.4 Å². The summed E-state index contributed by atoms with van der Waals surface area (Å²) in [5.41, 5.74) is -0.636. The van der Waals surface area contributed by atoms with Crippen molar-refractivity contribution in [3.05, 3.63) is 23.2 Å². The number of hydrogen-bond acceptors (Lipinski definition) is 3. The average molecular weight is 314 g/mol. The Morgan fingerprint density at radius 1 is 1.33 bits per heavy atom. The molecule has 0 aliphatic rings. The summed E-state index contributed by atoms with van der Waals surface area (Å²) in [6, 6.07) is 4.89. The Bertz CT molecular complexity index is 526. The van der Waals surface area contributed by atoms with Crippen molar-refractivity contribution in [2.24, 2.45) is 5.41 Å². The van der Waals surface area contributed by atoms with Crippen LogP contribution in [0.3, 0.4) is 0 Å². The van der Waals surface area contributed by atoms with Crippen molar-refractivity contribution in [2.45, 2.75) is 33.1 Å². The van der Waals surface area contributed by atoms with Crippen LogP contribution in [0.2, 0.25) is 5.02 Å². The number of benzene rings is 1. The lowest BCUT2D eigenvalue weighted by Crippen LogP contribution is -2.34. The fourth-order valence-corrected chi connectivity index (χ4v) is 2.27. The molecule has 116 valence electrons. The highest BCUT2D eigenvalue weighted by Gasteiger charge is 2.37. The lowest BCUT2D eigenvalue weighted by atomic mass is 9.79. The van der Waals surface area contributed by atoms with E-state index >= 15 is 0 Å². The number of anilines is 1. The number of hydrogen-bond donors (Lipinski definition) is 2. The van der Waals surface area contributed by atoms with E-state index in [1.807, 2.05) is 0 Å². The zero-order valence-electron chi connectivity index (χ0n) is 12.4. The molecule has 6 heteroatoms. The maximum atomic E-state index is 12.1. The third-order valence-electron chi connectivity index (χ3n) is 3.75. The van der Waals surface area contributed by atoms with Gasteiger partial charge in [0.05, 0.1) is 23.2 Å². The zero-order valence-corrected chi connectivity index (χ0v) is 13.2. The molecule has 0 saturated heterocycles. The summed E-state index contributed by atoms with van der Waals surface area (Å²) in [5.74, 6) is -0.777. The minimum Gasteiger partial charge on any atom is -0.497 e. The van der Waals surface area contributed by atoms with Crippen molar-refractivity contribution in [2.75, 3.05) is 12.4 Å². The Labute approximate surface area is 129 Å². The van der Waals surface area contributed by atoms with Gasteiger partial charge in [0.2, 0.25) is 5.91 Å². The largest absolute Gasteiger partial charge is 0.497 e. The second-order valence-corrected chi connectivity index (χ2v) is 5.27. The Morgan fingerprint density at radius 2 is 1.95 bits per heavy atom. The molecule has 0 aliphatic heterocycles. The Kier molecular flexibility index (Phi) is 6.03. The summed E-state index contributed by atoms with van der Waals surface area (Å²) in [7, 11) is 1.51. The highest BCUT2D eigenvalue weighted by atomic mass is 35.5. The normalized spacial score (nSPS) is 11.0. The SMILES string of the molecule is CCC(CC)(CC(=O)Nc1cc(OC)ccc1Cl)C(=O)O. The molecule has 21 heavy (non-hydrogen) atoms. The smallest absolute Gasteiger partial charge is 0.310 e. The van der Waals surface area contributed by atoms with Crippen LogP contribution >= 0.6 is 11.6 Å². The monoisotopic (exact) mass is 313 g/mol. The van der Waals surface area contributed by atoms with E-state index in [-0.39, 0.29) is 12.3 Å². The van der Waals surface area contributed by atoms with Crippen LogP contribution in [0.5, 0.6) is 5.75 Å². The number of amides is 1. The number of halogens is 1. The fourth-order valence-electron chi connectivity index (χ4n) is 2.11. The lowest BCUT2D eigenvalue weighted by molar-refractivity contribution is -0.151. The van der Waals surface area contributed by atoms with E-state index in [1.165, 1.54) is 7.11 Å². The van der Waals surface area contributed by atoms with E-state index in [4.69, 9.17) is 16.3 Å². The highest BCUT2D eigenvalue weighted by Crippen LogP contribution is 2.32. The molecule has 0 bridgehead atoms. The molecular weight excluding hydrogens is 294 g/mol. The number of aliphatic carboxylic acids is 1. The Balaban J connectivity index is 2.89. The maximum absolute atomic E-state index is 12.1. The number of carbonyl (C=O) groups excluding carboxylic acids is 1. The Morgan fingerprint density at radius 3 is 2.43 bits per heavy atom. The molecule has 0 radical (unpaired) electrons. The molecule has 0 aromatic heterocycles. The number of methoxy groups -OCH3 is 1. The number of carbonyl (C=O) groups is 2. The predicted octanol–water partition coefficient (Wildman–Crippen LogP) is 3.57. The highest BCUT2D eigenvalue weighted by molar-refractivity contribution is 6.33. The summed E-state index contributed by atoms with van der Waals surface area (Å²) < 4.78 is 5.07. The van der Waals surface area contributed by atoms with E-state index in [0.717, 1.165) is 0 Å². The van der Waals surface area contributed by atoms with Crippen molar-refractivity contribution >= 4 is 29.2 Å². The molecule has 0 heterocycles. The minimum atomic E-state index is -1.05. The molecule has 5 nitrogen and oxygen atoms in total. The quantitative estimate of drug-likeness (QED) is 0.807. The van der Waals surface area contributed by atoms with Crippen LogP contribution in [0.1, 0.15) is 33.1 Å². The van der Waals surface area contributed by atoms with Crippen LogP contribution in [0, 0.1) is 5.41 Å². The van der Waals surface area contributed by atoms with Crippen LogP contribution in [-0.2, 0) is 9.59 Å². The molecule has 1 amide bonds. The molecular formula is C15H20ClNO4. The van der Waals surface area contributed by atoms with Crippen molar-refractivity contribution in [1.82, 2.24) is 0 Å². The minimum absolute atomic E-state index is 0.0944. The van der Waals surface area contributed by atoms with Gasteiger partial charge in [0.25, 0.3) is 0 Å². The first-order valence-corrected chi connectivity index (χ1v) is 7.13. The van der Waals surface area contributed by atoms with Crippen LogP contribution in [0.15, 0.2) is 18.2 Å². The first-order valence-electron chi connectivity index (χ1n) is 6.75. The number of carboxylic acid groups (broad SMARTS) is 1. The van der Waals surface area contributed by atoms with Crippen LogP contribution in [0.25, 0.3) is 0 Å². The summed E-state index contributed by atoms with van der Waals surface area (Å²) in [4.78, 5) is 23.5. The van der Waals surface area contributed by atoms with E-state index in [2.05, 4.69) is 5.32 Å². The standard InChI is InChI=1S/C15H20ClNO4/c1-4-15(5-2,14(19)20)9-13(18)17-12-8-10(21-3)6-7-11(12)16/h6-8H,4-5,9H2,1-3H3,(H,17,18)(H,19,20). The molecule has 1 aromatic carbocycles. The summed E-state index contributed by atoms with van der Waals surface area (Å²) in [5, 5.41) is 12.4. The lowest BCUT2D eigenvalue weighted by Gasteiger charge is -2.25. The van der Waals surface area contributed by atoms with Gasteiger partial charge in [0, 0.05) is 12.5 Å². The van der Waals surface area contributed by atoms with Gasteiger partial charge in [-0.15, -0.1) is 0 Å². The van der Waals surface area contributed by atoms with Gasteiger partial charge < -0.3 is 15.2 Å². The van der Waals surface area contributed by atoms with Crippen LogP contribution in [0.4, 0.5) is 5.69 Å². The first-order chi connectivity index (χ1) is 9.88. The summed E-state index contributed by atoms with van der Waals surface area (Å²) in [6.45, 7) is 3.53. The van der Waals surface area contributed by atoms with E-state index in [0.29, 0.717) is 29.3 Å². The topological polar surface area (TPSA) is 75.6 Å². The average Bonchev–Trinajstić information content (AvgIpc) is 2.46. The van der Waals surface area contributed by atoms with Crippen molar-refractivity contribution in [3.8, 4) is 5.75 Å². The number of carboxylic acids is 1. The van der Waals surface area contributed by atoms with E-state index in [1.54, 1.807) is 32.0 Å². The third-order valence-corrected chi connectivity index (χ3v) is 4.08. The van der Waals surface area contributed by atoms with Crippen LogP contribution < -0.4 is 10.1 Å². The van der Waals surface area contributed by atoms with Crippen molar-refractivity contribution in [3.63, 3.8) is 0 Å². The molecule has 0 spiro atoms. The number of rotatable bonds is 7.